The van der Waals surface area contributed by atoms with E-state index >= 15 is 0 Å². The predicted octanol–water partition coefficient (Wildman–Crippen LogP) is 2.13. The lowest BCUT2D eigenvalue weighted by atomic mass is 10.1. The number of hydrogen-bond acceptors (Lipinski definition) is 4. The van der Waals surface area contributed by atoms with Crippen molar-refractivity contribution in [1.82, 2.24) is 14.8 Å². The summed E-state index contributed by atoms with van der Waals surface area (Å²) in [6.07, 6.45) is 3.83. The van der Waals surface area contributed by atoms with E-state index < -0.39 is 0 Å². The Bertz CT molecular complexity index is 564. The number of nitrogens with zero attached hydrogens (tertiary/aromatic N) is 3. The second-order valence-corrected chi connectivity index (χ2v) is 5.38. The molecule has 2 aromatic rings. The summed E-state index contributed by atoms with van der Waals surface area (Å²) in [5.41, 5.74) is 1.05. The van der Waals surface area contributed by atoms with Gasteiger partial charge in [-0.25, -0.2) is 4.98 Å². The van der Waals surface area contributed by atoms with Crippen LogP contribution >= 0.6 is 22.6 Å². The highest BCUT2D eigenvalue weighted by Crippen LogP contribution is 2.29. The second-order valence-electron chi connectivity index (χ2n) is 4.35. The Morgan fingerprint density at radius 2 is 2.22 bits per heavy atom. The van der Waals surface area contributed by atoms with Crippen molar-refractivity contribution >= 4 is 33.5 Å². The zero-order valence-electron chi connectivity index (χ0n) is 10.1. The molecule has 2 aromatic heterocycles. The maximum atomic E-state index is 6.01. The first-order valence-electron chi connectivity index (χ1n) is 5.97. The molecule has 18 heavy (non-hydrogen) atoms. The Morgan fingerprint density at radius 1 is 1.44 bits per heavy atom. The van der Waals surface area contributed by atoms with Gasteiger partial charge in [-0.2, -0.15) is 5.10 Å². The summed E-state index contributed by atoms with van der Waals surface area (Å²) in [7, 11) is 1.93. The molecule has 0 saturated carbocycles. The van der Waals surface area contributed by atoms with Gasteiger partial charge in [-0.05, 0) is 28.7 Å². The van der Waals surface area contributed by atoms with Crippen LogP contribution in [0, 0.1) is 3.70 Å². The van der Waals surface area contributed by atoms with Crippen molar-refractivity contribution in [2.45, 2.75) is 18.9 Å². The number of pyridine rings is 1. The largest absolute Gasteiger partial charge is 0.474 e. The van der Waals surface area contributed by atoms with Crippen molar-refractivity contribution in [3.8, 4) is 5.88 Å². The van der Waals surface area contributed by atoms with Gasteiger partial charge in [0.15, 0.2) is 0 Å². The van der Waals surface area contributed by atoms with E-state index in [2.05, 4.69) is 32.7 Å². The Balaban J connectivity index is 1.95. The van der Waals surface area contributed by atoms with Gasteiger partial charge in [-0.15, -0.1) is 0 Å². The highest BCUT2D eigenvalue weighted by Gasteiger charge is 2.19. The number of fused-ring (bicyclic) bond motifs is 1. The summed E-state index contributed by atoms with van der Waals surface area (Å²) in [4.78, 5) is 4.35. The molecule has 3 heterocycles. The monoisotopic (exact) mass is 359 g/mol. The fraction of sp³-hybridized carbons (Fsp3) is 0.500. The highest BCUT2D eigenvalue weighted by atomic mass is 127. The first-order chi connectivity index (χ1) is 8.75. The highest BCUT2D eigenvalue weighted by molar-refractivity contribution is 14.1. The molecule has 3 rings (SSSR count). The zero-order chi connectivity index (χ0) is 12.5. The number of halogens is 1. The standard InChI is InChI=1S/C12H14IN3O2/c1-16-9-2-5-14-12(10(9)11(13)15-16)18-8-3-6-17-7-4-8/h2,5,8H,3-4,6-7H2,1H3. The Morgan fingerprint density at radius 3 is 3.00 bits per heavy atom. The van der Waals surface area contributed by atoms with Crippen molar-refractivity contribution in [1.29, 1.82) is 0 Å². The molecule has 5 nitrogen and oxygen atoms in total. The Hall–Kier alpha value is -0.890. The van der Waals surface area contributed by atoms with Crippen LogP contribution in [0.15, 0.2) is 12.3 Å². The molecule has 1 aliphatic rings. The lowest BCUT2D eigenvalue weighted by Crippen LogP contribution is -2.26. The normalized spacial score (nSPS) is 17.2. The maximum Gasteiger partial charge on any atom is 0.225 e. The molecule has 0 aromatic carbocycles. The minimum atomic E-state index is 0.202. The van der Waals surface area contributed by atoms with E-state index in [0.717, 1.165) is 40.7 Å². The molecule has 0 aliphatic carbocycles. The zero-order valence-corrected chi connectivity index (χ0v) is 12.3. The first-order valence-corrected chi connectivity index (χ1v) is 7.05. The lowest BCUT2D eigenvalue weighted by Gasteiger charge is -2.22. The Labute approximate surface area is 119 Å². The van der Waals surface area contributed by atoms with Gasteiger partial charge in [-0.3, -0.25) is 4.68 Å². The van der Waals surface area contributed by atoms with Gasteiger partial charge in [0.1, 0.15) is 9.80 Å². The fourth-order valence-corrected chi connectivity index (χ4v) is 3.00. The van der Waals surface area contributed by atoms with Crippen LogP contribution in [-0.2, 0) is 11.8 Å². The molecule has 0 bridgehead atoms. The van der Waals surface area contributed by atoms with Crippen LogP contribution < -0.4 is 4.74 Å². The third-order valence-electron chi connectivity index (χ3n) is 3.13. The number of hydrogen-bond donors (Lipinski definition) is 0. The van der Waals surface area contributed by atoms with E-state index in [1.165, 1.54) is 0 Å². The van der Waals surface area contributed by atoms with E-state index in [4.69, 9.17) is 9.47 Å². The van der Waals surface area contributed by atoms with Crippen molar-refractivity contribution in [3.63, 3.8) is 0 Å². The van der Waals surface area contributed by atoms with Gasteiger partial charge < -0.3 is 9.47 Å². The summed E-state index contributed by atoms with van der Waals surface area (Å²) in [6.45, 7) is 1.54. The smallest absolute Gasteiger partial charge is 0.225 e. The van der Waals surface area contributed by atoms with Gasteiger partial charge in [0.05, 0.1) is 24.1 Å². The minimum absolute atomic E-state index is 0.202. The third-order valence-corrected chi connectivity index (χ3v) is 3.89. The van der Waals surface area contributed by atoms with Crippen LogP contribution in [0.1, 0.15) is 12.8 Å². The Kier molecular flexibility index (Phi) is 3.38. The molecule has 0 atom stereocenters. The molecule has 0 radical (unpaired) electrons. The number of rotatable bonds is 2. The van der Waals surface area contributed by atoms with Crippen molar-refractivity contribution in [3.05, 3.63) is 16.0 Å². The molecule has 0 unspecified atom stereocenters. The number of ether oxygens (including phenoxy) is 2. The van der Waals surface area contributed by atoms with E-state index in [1.807, 2.05) is 17.8 Å². The van der Waals surface area contributed by atoms with Crippen LogP contribution in [0.4, 0.5) is 0 Å². The molecule has 0 spiro atoms. The molecule has 1 saturated heterocycles. The summed E-state index contributed by atoms with van der Waals surface area (Å²) in [6, 6.07) is 1.96. The predicted molar refractivity (Wildman–Crippen MR) is 75.7 cm³/mol. The second kappa shape index (κ2) is 5.00. The minimum Gasteiger partial charge on any atom is -0.474 e. The molecule has 96 valence electrons. The van der Waals surface area contributed by atoms with E-state index in [9.17, 15) is 0 Å². The summed E-state index contributed by atoms with van der Waals surface area (Å²) in [5, 5.41) is 5.41. The quantitative estimate of drug-likeness (QED) is 0.771. The van der Waals surface area contributed by atoms with Gasteiger partial charge in [0.25, 0.3) is 0 Å². The molecule has 0 N–H and O–H groups in total. The fourth-order valence-electron chi connectivity index (χ4n) is 2.17. The summed E-state index contributed by atoms with van der Waals surface area (Å²) < 4.78 is 14.1. The molecular weight excluding hydrogens is 345 g/mol. The van der Waals surface area contributed by atoms with Gasteiger partial charge in [-0.1, -0.05) is 0 Å². The molecule has 0 amide bonds. The van der Waals surface area contributed by atoms with Gasteiger partial charge in [0, 0.05) is 26.1 Å². The molecule has 1 aliphatic heterocycles. The molecule has 6 heteroatoms. The van der Waals surface area contributed by atoms with Crippen LogP contribution in [0.5, 0.6) is 5.88 Å². The summed E-state index contributed by atoms with van der Waals surface area (Å²) in [5.74, 6) is 0.692. The van der Waals surface area contributed by atoms with E-state index in [0.29, 0.717) is 5.88 Å². The topological polar surface area (TPSA) is 49.2 Å². The van der Waals surface area contributed by atoms with E-state index in [1.54, 1.807) is 6.20 Å². The third kappa shape index (κ3) is 2.18. The van der Waals surface area contributed by atoms with Crippen LogP contribution in [0.2, 0.25) is 0 Å². The molecule has 1 fully saturated rings. The van der Waals surface area contributed by atoms with Crippen LogP contribution in [-0.4, -0.2) is 34.1 Å². The van der Waals surface area contributed by atoms with Crippen LogP contribution in [0.25, 0.3) is 10.9 Å². The summed E-state index contributed by atoms with van der Waals surface area (Å²) >= 11 is 2.22. The average Bonchev–Trinajstić information content (AvgIpc) is 2.67. The first kappa shape index (κ1) is 12.2. The lowest BCUT2D eigenvalue weighted by molar-refractivity contribution is 0.0244. The number of aromatic nitrogens is 3. The van der Waals surface area contributed by atoms with Crippen molar-refractivity contribution < 1.29 is 9.47 Å². The average molecular weight is 359 g/mol. The van der Waals surface area contributed by atoms with Crippen molar-refractivity contribution in [2.24, 2.45) is 7.05 Å². The SMILES string of the molecule is Cn1nc(I)c2c(OC3CCOCC3)nccc21. The van der Waals surface area contributed by atoms with Gasteiger partial charge >= 0.3 is 0 Å². The van der Waals surface area contributed by atoms with Crippen LogP contribution in [0.3, 0.4) is 0 Å². The maximum absolute atomic E-state index is 6.01. The van der Waals surface area contributed by atoms with E-state index in [-0.39, 0.29) is 6.10 Å². The molecular formula is C12H14IN3O2. The van der Waals surface area contributed by atoms with Gasteiger partial charge in [0.2, 0.25) is 5.88 Å². The number of aryl methyl sites for hydroxylation is 1. The van der Waals surface area contributed by atoms with Crippen molar-refractivity contribution in [2.75, 3.05) is 13.2 Å².